The predicted molar refractivity (Wildman–Crippen MR) is 105 cm³/mol. The number of fused-ring (bicyclic) bond motifs is 2. The molecule has 3 N–H and O–H groups in total. The molecule has 28 heavy (non-hydrogen) atoms. The Labute approximate surface area is 161 Å². The normalized spacial score (nSPS) is 15.4. The Morgan fingerprint density at radius 2 is 1.93 bits per heavy atom. The maximum atomic E-state index is 12.5. The average molecular weight is 376 g/mol. The Hall–Kier alpha value is -3.32. The Bertz CT molecular complexity index is 1090. The van der Waals surface area contributed by atoms with Crippen LogP contribution in [0.5, 0.6) is 11.5 Å². The zero-order valence-corrected chi connectivity index (χ0v) is 15.3. The monoisotopic (exact) mass is 376 g/mol. The lowest BCUT2D eigenvalue weighted by Gasteiger charge is -2.27. The number of nitrogens with zero attached hydrogens (tertiary/aromatic N) is 2. The molecule has 0 unspecified atom stereocenters. The van der Waals surface area contributed by atoms with Crippen LogP contribution in [-0.4, -0.2) is 28.2 Å². The highest BCUT2D eigenvalue weighted by atomic mass is 16.7. The van der Waals surface area contributed by atoms with Crippen LogP contribution in [0.3, 0.4) is 0 Å². The molecule has 2 aromatic carbocycles. The second-order valence-electron chi connectivity index (χ2n) is 7.11. The number of H-pyrrole nitrogens is 1. The Balaban J connectivity index is 1.40. The summed E-state index contributed by atoms with van der Waals surface area (Å²) in [5.41, 5.74) is 9.99. The molecule has 0 atom stereocenters. The van der Waals surface area contributed by atoms with E-state index < -0.39 is 0 Å². The summed E-state index contributed by atoms with van der Waals surface area (Å²) in [7, 11) is 0. The van der Waals surface area contributed by atoms with Gasteiger partial charge in [-0.3, -0.25) is 9.69 Å². The molecule has 0 saturated carbocycles. The van der Waals surface area contributed by atoms with Crippen LogP contribution in [0.25, 0.3) is 11.4 Å². The topological polar surface area (TPSA) is 93.5 Å². The fourth-order valence-corrected chi connectivity index (χ4v) is 3.70. The molecule has 2 aliphatic rings. The maximum Gasteiger partial charge on any atom is 0.254 e. The number of nitrogens with two attached hydrogens (primary N) is 1. The minimum Gasteiger partial charge on any atom is -0.454 e. The summed E-state index contributed by atoms with van der Waals surface area (Å²) < 4.78 is 10.8. The Morgan fingerprint density at radius 3 is 2.79 bits per heavy atom. The number of aromatic nitrogens is 2. The van der Waals surface area contributed by atoms with E-state index in [0.29, 0.717) is 24.5 Å². The number of ether oxygens (including phenoxy) is 2. The van der Waals surface area contributed by atoms with E-state index in [-0.39, 0.29) is 12.4 Å². The van der Waals surface area contributed by atoms with Gasteiger partial charge in [0.25, 0.3) is 5.56 Å². The highest BCUT2D eigenvalue weighted by molar-refractivity contribution is 5.58. The number of rotatable bonds is 3. The summed E-state index contributed by atoms with van der Waals surface area (Å²) in [6.45, 7) is 2.49. The first-order chi connectivity index (χ1) is 13.7. The van der Waals surface area contributed by atoms with Crippen molar-refractivity contribution in [3.8, 4) is 22.9 Å². The summed E-state index contributed by atoms with van der Waals surface area (Å²) in [5.74, 6) is 2.15. The van der Waals surface area contributed by atoms with Gasteiger partial charge in [-0.25, -0.2) is 4.98 Å². The van der Waals surface area contributed by atoms with Crippen molar-refractivity contribution < 1.29 is 9.47 Å². The number of hydrogen-bond donors (Lipinski definition) is 2. The summed E-state index contributed by atoms with van der Waals surface area (Å²) in [6.07, 6.45) is 0.685. The molecule has 2 aliphatic heterocycles. The zero-order chi connectivity index (χ0) is 19.1. The molecule has 0 saturated heterocycles. The number of anilines is 1. The largest absolute Gasteiger partial charge is 0.454 e. The van der Waals surface area contributed by atoms with Gasteiger partial charge in [0.15, 0.2) is 11.5 Å². The SMILES string of the molecule is Nc1ccc(-c2nc3c(c(=O)[nH]2)CCN(Cc2ccc4c(c2)OCO4)C3)cc1. The molecule has 7 heteroatoms. The standard InChI is InChI=1S/C21H20N4O3/c22-15-4-2-14(3-5-15)20-23-17-11-25(8-7-16(17)21(26)24-20)10-13-1-6-18-19(9-13)28-12-27-18/h1-6,9H,7-8,10-12,22H2,(H,23,24,26). The molecule has 0 spiro atoms. The number of nitrogen functional groups attached to an aromatic ring is 1. The minimum absolute atomic E-state index is 0.0560. The van der Waals surface area contributed by atoms with Crippen LogP contribution >= 0.6 is 0 Å². The van der Waals surface area contributed by atoms with Gasteiger partial charge in [0.05, 0.1) is 5.69 Å². The smallest absolute Gasteiger partial charge is 0.254 e. The van der Waals surface area contributed by atoms with Crippen LogP contribution in [0.1, 0.15) is 16.8 Å². The van der Waals surface area contributed by atoms with E-state index in [2.05, 4.69) is 9.88 Å². The highest BCUT2D eigenvalue weighted by Gasteiger charge is 2.22. The molecular weight excluding hydrogens is 356 g/mol. The number of nitrogens with one attached hydrogen (secondary N) is 1. The molecule has 142 valence electrons. The molecule has 0 fully saturated rings. The molecule has 0 radical (unpaired) electrons. The highest BCUT2D eigenvalue weighted by Crippen LogP contribution is 2.33. The van der Waals surface area contributed by atoms with Gasteiger partial charge < -0.3 is 20.2 Å². The van der Waals surface area contributed by atoms with E-state index in [9.17, 15) is 4.79 Å². The van der Waals surface area contributed by atoms with E-state index in [1.807, 2.05) is 30.3 Å². The van der Waals surface area contributed by atoms with E-state index in [1.54, 1.807) is 12.1 Å². The van der Waals surface area contributed by atoms with Gasteiger partial charge in [-0.15, -0.1) is 0 Å². The number of aromatic amines is 1. The maximum absolute atomic E-state index is 12.5. The average Bonchev–Trinajstić information content (AvgIpc) is 3.16. The summed E-state index contributed by atoms with van der Waals surface area (Å²) in [6, 6.07) is 13.4. The molecule has 7 nitrogen and oxygen atoms in total. The first-order valence-corrected chi connectivity index (χ1v) is 9.24. The van der Waals surface area contributed by atoms with Crippen molar-refractivity contribution in [1.82, 2.24) is 14.9 Å². The van der Waals surface area contributed by atoms with Crippen molar-refractivity contribution in [2.24, 2.45) is 0 Å². The van der Waals surface area contributed by atoms with Crippen LogP contribution in [0, 0.1) is 0 Å². The first-order valence-electron chi connectivity index (χ1n) is 9.24. The zero-order valence-electron chi connectivity index (χ0n) is 15.3. The predicted octanol–water partition coefficient (Wildman–Crippen LogP) is 2.31. The minimum atomic E-state index is -0.0560. The molecule has 0 bridgehead atoms. The second kappa shape index (κ2) is 6.69. The summed E-state index contributed by atoms with van der Waals surface area (Å²) >= 11 is 0. The fourth-order valence-electron chi connectivity index (χ4n) is 3.70. The van der Waals surface area contributed by atoms with E-state index >= 15 is 0 Å². The van der Waals surface area contributed by atoms with Gasteiger partial charge in [0, 0.05) is 36.4 Å². The fraction of sp³-hybridized carbons (Fsp3) is 0.238. The van der Waals surface area contributed by atoms with Crippen molar-refractivity contribution in [3.63, 3.8) is 0 Å². The Morgan fingerprint density at radius 1 is 1.11 bits per heavy atom. The van der Waals surface area contributed by atoms with Crippen molar-refractivity contribution in [2.45, 2.75) is 19.5 Å². The summed E-state index contributed by atoms with van der Waals surface area (Å²) in [4.78, 5) is 22.5. The molecule has 3 aromatic rings. The van der Waals surface area contributed by atoms with Gasteiger partial charge in [-0.05, 0) is 48.4 Å². The molecule has 0 amide bonds. The van der Waals surface area contributed by atoms with Crippen LogP contribution in [-0.2, 0) is 19.5 Å². The lowest BCUT2D eigenvalue weighted by Crippen LogP contribution is -2.35. The molecule has 1 aromatic heterocycles. The third-order valence-electron chi connectivity index (χ3n) is 5.18. The third kappa shape index (κ3) is 3.10. The number of hydrogen-bond acceptors (Lipinski definition) is 6. The van der Waals surface area contributed by atoms with Gasteiger partial charge in [0.2, 0.25) is 6.79 Å². The van der Waals surface area contributed by atoms with Crippen LogP contribution in [0.15, 0.2) is 47.3 Å². The van der Waals surface area contributed by atoms with Crippen molar-refractivity contribution in [3.05, 3.63) is 69.6 Å². The van der Waals surface area contributed by atoms with E-state index in [4.69, 9.17) is 20.2 Å². The van der Waals surface area contributed by atoms with Crippen molar-refractivity contribution >= 4 is 5.69 Å². The quantitative estimate of drug-likeness (QED) is 0.682. The van der Waals surface area contributed by atoms with Crippen molar-refractivity contribution in [1.29, 1.82) is 0 Å². The Kier molecular flexibility index (Phi) is 4.02. The van der Waals surface area contributed by atoms with Crippen LogP contribution in [0.2, 0.25) is 0 Å². The molecule has 3 heterocycles. The van der Waals surface area contributed by atoms with Gasteiger partial charge >= 0.3 is 0 Å². The lowest BCUT2D eigenvalue weighted by molar-refractivity contribution is 0.174. The van der Waals surface area contributed by atoms with Crippen LogP contribution < -0.4 is 20.8 Å². The van der Waals surface area contributed by atoms with Gasteiger partial charge in [-0.2, -0.15) is 0 Å². The van der Waals surface area contributed by atoms with E-state index in [0.717, 1.165) is 47.0 Å². The molecule has 0 aliphatic carbocycles. The van der Waals surface area contributed by atoms with Gasteiger partial charge in [-0.1, -0.05) is 6.07 Å². The second-order valence-corrected chi connectivity index (χ2v) is 7.11. The molecular formula is C21H20N4O3. The number of benzene rings is 2. The van der Waals surface area contributed by atoms with Gasteiger partial charge in [0.1, 0.15) is 5.82 Å². The van der Waals surface area contributed by atoms with Crippen LogP contribution in [0.4, 0.5) is 5.69 Å². The van der Waals surface area contributed by atoms with E-state index in [1.165, 1.54) is 0 Å². The third-order valence-corrected chi connectivity index (χ3v) is 5.18. The van der Waals surface area contributed by atoms with Crippen molar-refractivity contribution in [2.75, 3.05) is 19.1 Å². The first kappa shape index (κ1) is 16.8. The lowest BCUT2D eigenvalue weighted by atomic mass is 10.0. The molecule has 5 rings (SSSR count). The summed E-state index contributed by atoms with van der Waals surface area (Å²) in [5, 5.41) is 0.